The Morgan fingerprint density at radius 2 is 2.00 bits per heavy atom. The SMILES string of the molecule is N#CCCn1cc(/C=N\Nc2ccccc2[N+](=O)[O-])c2ccccc21. The molecule has 3 rings (SSSR count). The number of hydrazone groups is 1. The van der Waals surface area contributed by atoms with E-state index in [2.05, 4.69) is 16.6 Å². The summed E-state index contributed by atoms with van der Waals surface area (Å²) in [6.45, 7) is 0.600. The van der Waals surface area contributed by atoms with Crippen molar-refractivity contribution in [3.8, 4) is 6.07 Å². The first kappa shape index (κ1) is 16.2. The van der Waals surface area contributed by atoms with E-state index in [1.807, 2.05) is 35.0 Å². The molecule has 124 valence electrons. The van der Waals surface area contributed by atoms with Crippen molar-refractivity contribution in [3.63, 3.8) is 0 Å². The van der Waals surface area contributed by atoms with Gasteiger partial charge in [-0.15, -0.1) is 0 Å². The predicted molar refractivity (Wildman–Crippen MR) is 96.5 cm³/mol. The minimum Gasteiger partial charge on any atom is -0.346 e. The molecule has 0 fully saturated rings. The quantitative estimate of drug-likeness (QED) is 0.420. The van der Waals surface area contributed by atoms with E-state index in [9.17, 15) is 10.1 Å². The van der Waals surface area contributed by atoms with E-state index in [0.717, 1.165) is 16.5 Å². The number of nitriles is 1. The lowest BCUT2D eigenvalue weighted by molar-refractivity contribution is -0.384. The molecule has 3 aromatic rings. The van der Waals surface area contributed by atoms with Crippen molar-refractivity contribution in [1.82, 2.24) is 4.57 Å². The van der Waals surface area contributed by atoms with E-state index in [1.165, 1.54) is 6.07 Å². The number of rotatable bonds is 6. The minimum atomic E-state index is -0.453. The van der Waals surface area contributed by atoms with Crippen molar-refractivity contribution in [2.24, 2.45) is 5.10 Å². The summed E-state index contributed by atoms with van der Waals surface area (Å²) in [5.74, 6) is 0. The van der Waals surface area contributed by atoms with Crippen LogP contribution in [0.15, 0.2) is 59.8 Å². The summed E-state index contributed by atoms with van der Waals surface area (Å²) in [7, 11) is 0. The topological polar surface area (TPSA) is 96.2 Å². The minimum absolute atomic E-state index is 0.0314. The van der Waals surface area contributed by atoms with Gasteiger partial charge in [-0.2, -0.15) is 10.4 Å². The monoisotopic (exact) mass is 333 g/mol. The Labute approximate surface area is 144 Å². The smallest absolute Gasteiger partial charge is 0.294 e. The predicted octanol–water partition coefficient (Wildman–Crippen LogP) is 3.91. The number of nitrogens with one attached hydrogen (secondary N) is 1. The maximum absolute atomic E-state index is 11.0. The second kappa shape index (κ2) is 7.27. The average molecular weight is 333 g/mol. The fourth-order valence-electron chi connectivity index (χ4n) is 2.63. The molecule has 7 heteroatoms. The van der Waals surface area contributed by atoms with Gasteiger partial charge in [-0.25, -0.2) is 0 Å². The van der Waals surface area contributed by atoms with Crippen molar-refractivity contribution in [1.29, 1.82) is 5.26 Å². The van der Waals surface area contributed by atoms with Gasteiger partial charge in [0.25, 0.3) is 5.69 Å². The lowest BCUT2D eigenvalue weighted by atomic mass is 10.2. The Morgan fingerprint density at radius 3 is 2.80 bits per heavy atom. The largest absolute Gasteiger partial charge is 0.346 e. The van der Waals surface area contributed by atoms with Crippen LogP contribution >= 0.6 is 0 Å². The normalized spacial score (nSPS) is 10.8. The highest BCUT2D eigenvalue weighted by Crippen LogP contribution is 2.24. The summed E-state index contributed by atoms with van der Waals surface area (Å²) in [4.78, 5) is 10.6. The summed E-state index contributed by atoms with van der Waals surface area (Å²) in [6, 6.07) is 16.3. The highest BCUT2D eigenvalue weighted by atomic mass is 16.6. The first-order chi connectivity index (χ1) is 12.2. The number of benzene rings is 2. The molecular formula is C18H15N5O2. The highest BCUT2D eigenvalue weighted by Gasteiger charge is 2.11. The van der Waals surface area contributed by atoms with Gasteiger partial charge in [0.2, 0.25) is 0 Å². The van der Waals surface area contributed by atoms with Gasteiger partial charge < -0.3 is 4.57 Å². The average Bonchev–Trinajstić information content (AvgIpc) is 2.98. The number of aromatic nitrogens is 1. The van der Waals surface area contributed by atoms with Crippen molar-refractivity contribution in [2.75, 3.05) is 5.43 Å². The second-order valence-corrected chi connectivity index (χ2v) is 5.35. The Kier molecular flexibility index (Phi) is 4.72. The van der Waals surface area contributed by atoms with Crippen molar-refractivity contribution >= 4 is 28.5 Å². The third-order valence-electron chi connectivity index (χ3n) is 3.77. The molecule has 0 amide bonds. The number of anilines is 1. The fraction of sp³-hybridized carbons (Fsp3) is 0.111. The van der Waals surface area contributed by atoms with Gasteiger partial charge in [-0.1, -0.05) is 30.3 Å². The van der Waals surface area contributed by atoms with Crippen LogP contribution in [-0.2, 0) is 6.54 Å². The Hall–Kier alpha value is -3.66. The van der Waals surface area contributed by atoms with Crippen LogP contribution in [0.2, 0.25) is 0 Å². The highest BCUT2D eigenvalue weighted by molar-refractivity contribution is 5.99. The summed E-state index contributed by atoms with van der Waals surface area (Å²) < 4.78 is 2.00. The van der Waals surface area contributed by atoms with Gasteiger partial charge >= 0.3 is 0 Å². The third-order valence-corrected chi connectivity index (χ3v) is 3.77. The summed E-state index contributed by atoms with van der Waals surface area (Å²) in [6.07, 6.45) is 3.97. The Bertz CT molecular complexity index is 985. The van der Waals surface area contributed by atoms with Gasteiger partial charge in [-0.05, 0) is 12.1 Å². The molecule has 1 N–H and O–H groups in total. The van der Waals surface area contributed by atoms with Gasteiger partial charge in [0.1, 0.15) is 5.69 Å². The van der Waals surface area contributed by atoms with E-state index < -0.39 is 4.92 Å². The number of nitro groups is 1. The second-order valence-electron chi connectivity index (χ2n) is 5.35. The van der Waals surface area contributed by atoms with E-state index in [4.69, 9.17) is 5.26 Å². The molecule has 0 radical (unpaired) electrons. The van der Waals surface area contributed by atoms with Crippen molar-refractivity contribution < 1.29 is 4.92 Å². The van der Waals surface area contributed by atoms with Crippen LogP contribution in [0.4, 0.5) is 11.4 Å². The molecule has 0 aliphatic carbocycles. The molecule has 0 spiro atoms. The molecule has 7 nitrogen and oxygen atoms in total. The van der Waals surface area contributed by atoms with Crippen molar-refractivity contribution in [3.05, 3.63) is 70.4 Å². The Morgan fingerprint density at radius 1 is 1.24 bits per heavy atom. The maximum atomic E-state index is 11.0. The van der Waals surface area contributed by atoms with E-state index in [0.29, 0.717) is 18.7 Å². The standard InChI is InChI=1S/C18H15N5O2/c19-10-5-11-22-13-14(15-6-1-3-8-17(15)22)12-20-21-16-7-2-4-9-18(16)23(24)25/h1-4,6-9,12-13,21H,5,11H2/b20-12-. The number of aryl methyl sites for hydroxylation is 1. The van der Waals surface area contributed by atoms with Crippen molar-refractivity contribution in [2.45, 2.75) is 13.0 Å². The van der Waals surface area contributed by atoms with Crippen LogP contribution in [0, 0.1) is 21.4 Å². The molecule has 1 aromatic heterocycles. The molecule has 0 aliphatic heterocycles. The molecule has 0 aliphatic rings. The molecule has 0 atom stereocenters. The maximum Gasteiger partial charge on any atom is 0.294 e. The van der Waals surface area contributed by atoms with Gasteiger partial charge in [0, 0.05) is 35.3 Å². The van der Waals surface area contributed by atoms with E-state index in [-0.39, 0.29) is 5.69 Å². The first-order valence-corrected chi connectivity index (χ1v) is 7.68. The van der Waals surface area contributed by atoms with Crippen LogP contribution in [0.1, 0.15) is 12.0 Å². The van der Waals surface area contributed by atoms with Gasteiger partial charge in [-0.3, -0.25) is 15.5 Å². The van der Waals surface area contributed by atoms with Crippen LogP contribution in [0.5, 0.6) is 0 Å². The van der Waals surface area contributed by atoms with Crippen LogP contribution in [0.3, 0.4) is 0 Å². The lowest BCUT2D eigenvalue weighted by Gasteiger charge is -2.00. The number of nitrogens with zero attached hydrogens (tertiary/aromatic N) is 4. The van der Waals surface area contributed by atoms with Crippen LogP contribution in [0.25, 0.3) is 10.9 Å². The van der Waals surface area contributed by atoms with Crippen LogP contribution < -0.4 is 5.43 Å². The summed E-state index contributed by atoms with van der Waals surface area (Å²) in [5, 5.41) is 25.0. The molecular weight excluding hydrogens is 318 g/mol. The van der Waals surface area contributed by atoms with E-state index in [1.54, 1.807) is 24.4 Å². The molecule has 0 unspecified atom stereocenters. The number of para-hydroxylation sites is 3. The molecule has 1 heterocycles. The number of fused-ring (bicyclic) bond motifs is 1. The number of hydrogen-bond donors (Lipinski definition) is 1. The fourth-order valence-corrected chi connectivity index (χ4v) is 2.63. The van der Waals surface area contributed by atoms with E-state index >= 15 is 0 Å². The first-order valence-electron chi connectivity index (χ1n) is 7.68. The zero-order valence-electron chi connectivity index (χ0n) is 13.3. The van der Waals surface area contributed by atoms with Gasteiger partial charge in [0.05, 0.1) is 23.6 Å². The summed E-state index contributed by atoms with van der Waals surface area (Å²) >= 11 is 0. The molecule has 25 heavy (non-hydrogen) atoms. The molecule has 0 saturated heterocycles. The van der Waals surface area contributed by atoms with Crippen LogP contribution in [-0.4, -0.2) is 15.7 Å². The molecule has 2 aromatic carbocycles. The molecule has 0 bridgehead atoms. The Balaban J connectivity index is 1.87. The third kappa shape index (κ3) is 3.48. The van der Waals surface area contributed by atoms with Gasteiger partial charge in [0.15, 0.2) is 0 Å². The lowest BCUT2D eigenvalue weighted by Crippen LogP contribution is -1.96. The number of hydrogen-bond acceptors (Lipinski definition) is 5. The molecule has 0 saturated carbocycles. The zero-order valence-corrected chi connectivity index (χ0v) is 13.3. The number of nitro benzene ring substituents is 1. The summed E-state index contributed by atoms with van der Waals surface area (Å²) in [5.41, 5.74) is 4.92. The zero-order chi connectivity index (χ0) is 17.6.